The fourth-order valence-electron chi connectivity index (χ4n) is 3.50. The van der Waals surface area contributed by atoms with Gasteiger partial charge in [-0.05, 0) is 43.4 Å². The standard InChI is InChI=1S/C22H29ClO6/c23-15-6-5-7-17(12-15)29-14-16(24)10-11-19-18(20(25)13-21(19)26)8-3-1-2-4-9-22(27)28/h1,3,5-7,10-12,16,18-21,24-26H,2,4,8-9,13-14H2,(H,27,28)/b3-1+,11-10?/t16-,18-,19-,20+,21-/m0/s1. The van der Waals surface area contributed by atoms with Gasteiger partial charge in [0.2, 0.25) is 0 Å². The van der Waals surface area contributed by atoms with Crippen LogP contribution in [0.1, 0.15) is 32.1 Å². The van der Waals surface area contributed by atoms with Crippen LogP contribution >= 0.6 is 11.6 Å². The molecule has 1 saturated carbocycles. The summed E-state index contributed by atoms with van der Waals surface area (Å²) < 4.78 is 5.51. The van der Waals surface area contributed by atoms with Crippen LogP contribution in [0.4, 0.5) is 0 Å². The van der Waals surface area contributed by atoms with Crippen molar-refractivity contribution in [2.24, 2.45) is 11.8 Å². The zero-order valence-electron chi connectivity index (χ0n) is 16.2. The molecule has 0 heterocycles. The molecule has 0 amide bonds. The lowest BCUT2D eigenvalue weighted by Gasteiger charge is -2.19. The van der Waals surface area contributed by atoms with Gasteiger partial charge < -0.3 is 25.2 Å². The molecule has 160 valence electrons. The van der Waals surface area contributed by atoms with Crippen molar-refractivity contribution in [2.45, 2.75) is 50.4 Å². The number of allylic oxidation sites excluding steroid dienone is 2. The summed E-state index contributed by atoms with van der Waals surface area (Å²) in [5, 5.41) is 39.8. The molecule has 0 saturated heterocycles. The summed E-state index contributed by atoms with van der Waals surface area (Å²) in [5.41, 5.74) is 0. The van der Waals surface area contributed by atoms with E-state index in [1.54, 1.807) is 36.4 Å². The predicted molar refractivity (Wildman–Crippen MR) is 111 cm³/mol. The number of unbranched alkanes of at least 4 members (excludes halogenated alkanes) is 1. The van der Waals surface area contributed by atoms with Crippen molar-refractivity contribution in [2.75, 3.05) is 6.61 Å². The highest BCUT2D eigenvalue weighted by atomic mass is 35.5. The highest BCUT2D eigenvalue weighted by Gasteiger charge is 2.39. The molecule has 2 rings (SSSR count). The Bertz CT molecular complexity index is 704. The van der Waals surface area contributed by atoms with Crippen LogP contribution in [0.2, 0.25) is 5.02 Å². The van der Waals surface area contributed by atoms with E-state index in [4.69, 9.17) is 21.4 Å². The van der Waals surface area contributed by atoms with Crippen molar-refractivity contribution in [1.29, 1.82) is 0 Å². The molecule has 6 nitrogen and oxygen atoms in total. The summed E-state index contributed by atoms with van der Waals surface area (Å²) in [7, 11) is 0. The second-order valence-corrected chi connectivity index (χ2v) is 7.76. The Kier molecular flexibility index (Phi) is 9.67. The molecule has 7 heteroatoms. The van der Waals surface area contributed by atoms with Crippen molar-refractivity contribution >= 4 is 17.6 Å². The van der Waals surface area contributed by atoms with Gasteiger partial charge in [-0.15, -0.1) is 0 Å². The molecule has 29 heavy (non-hydrogen) atoms. The van der Waals surface area contributed by atoms with E-state index in [1.165, 1.54) is 0 Å². The van der Waals surface area contributed by atoms with Crippen LogP contribution in [0.5, 0.6) is 5.75 Å². The van der Waals surface area contributed by atoms with E-state index in [1.807, 2.05) is 12.2 Å². The largest absolute Gasteiger partial charge is 0.491 e. The van der Waals surface area contributed by atoms with Gasteiger partial charge in [-0.3, -0.25) is 4.79 Å². The van der Waals surface area contributed by atoms with Crippen LogP contribution in [-0.4, -0.2) is 51.3 Å². The lowest BCUT2D eigenvalue weighted by atomic mass is 9.89. The van der Waals surface area contributed by atoms with Gasteiger partial charge in [-0.1, -0.05) is 42.0 Å². The molecule has 1 aromatic carbocycles. The van der Waals surface area contributed by atoms with Crippen LogP contribution in [0.25, 0.3) is 0 Å². The van der Waals surface area contributed by atoms with Crippen molar-refractivity contribution in [1.82, 2.24) is 0 Å². The fraction of sp³-hybridized carbons (Fsp3) is 0.500. The highest BCUT2D eigenvalue weighted by Crippen LogP contribution is 2.36. The molecule has 0 aliphatic heterocycles. The Morgan fingerprint density at radius 2 is 2.07 bits per heavy atom. The maximum Gasteiger partial charge on any atom is 0.303 e. The molecular formula is C22H29ClO6. The van der Waals surface area contributed by atoms with Crippen LogP contribution in [-0.2, 0) is 4.79 Å². The first-order valence-electron chi connectivity index (χ1n) is 9.84. The van der Waals surface area contributed by atoms with Gasteiger partial charge in [-0.25, -0.2) is 0 Å². The topological polar surface area (TPSA) is 107 Å². The summed E-state index contributed by atoms with van der Waals surface area (Å²) in [5.74, 6) is -0.671. The van der Waals surface area contributed by atoms with Crippen molar-refractivity contribution in [3.63, 3.8) is 0 Å². The number of hydrogen-bond acceptors (Lipinski definition) is 5. The summed E-state index contributed by atoms with van der Waals surface area (Å²) in [4.78, 5) is 10.5. The number of benzene rings is 1. The van der Waals surface area contributed by atoms with Gasteiger partial charge in [0.05, 0.1) is 12.2 Å². The minimum absolute atomic E-state index is 0.0519. The third kappa shape index (κ3) is 8.19. The normalized spacial score (nSPS) is 25.7. The number of hydrogen-bond donors (Lipinski definition) is 4. The molecular weight excluding hydrogens is 396 g/mol. The van der Waals surface area contributed by atoms with Crippen molar-refractivity contribution in [3.05, 3.63) is 53.6 Å². The third-order valence-corrected chi connectivity index (χ3v) is 5.26. The first kappa shape index (κ1) is 23.4. The van der Waals surface area contributed by atoms with Crippen LogP contribution in [0.15, 0.2) is 48.6 Å². The molecule has 0 radical (unpaired) electrons. The Balaban J connectivity index is 1.83. The predicted octanol–water partition coefficient (Wildman–Crippen LogP) is 3.20. The average Bonchev–Trinajstić information content (AvgIpc) is 2.93. The SMILES string of the molecule is O=C(O)CCC/C=C/C[C@H]1[C@H](C=C[C@H](O)COc2cccc(Cl)c2)[C@@H](O)C[C@H]1O. The van der Waals surface area contributed by atoms with Crippen molar-refractivity contribution in [3.8, 4) is 5.75 Å². The number of aliphatic hydroxyl groups is 3. The third-order valence-electron chi connectivity index (χ3n) is 5.02. The van der Waals surface area contributed by atoms with E-state index in [0.29, 0.717) is 36.5 Å². The fourth-order valence-corrected chi connectivity index (χ4v) is 3.68. The number of carbonyl (C=O) groups is 1. The zero-order chi connectivity index (χ0) is 21.2. The quantitative estimate of drug-likeness (QED) is 0.321. The second-order valence-electron chi connectivity index (χ2n) is 7.33. The Morgan fingerprint density at radius 3 is 2.79 bits per heavy atom. The van der Waals surface area contributed by atoms with Gasteiger partial charge in [-0.2, -0.15) is 0 Å². The van der Waals surface area contributed by atoms with E-state index >= 15 is 0 Å². The van der Waals surface area contributed by atoms with E-state index in [-0.39, 0.29) is 24.9 Å². The second kappa shape index (κ2) is 12.0. The summed E-state index contributed by atoms with van der Waals surface area (Å²) in [6.07, 6.45) is 7.26. The maximum atomic E-state index is 10.5. The number of aliphatic carboxylic acids is 1. The van der Waals surface area contributed by atoms with Gasteiger partial charge in [0.1, 0.15) is 18.5 Å². The van der Waals surface area contributed by atoms with Crippen LogP contribution in [0.3, 0.4) is 0 Å². The number of halogens is 1. The first-order valence-corrected chi connectivity index (χ1v) is 10.2. The molecule has 1 aliphatic carbocycles. The van der Waals surface area contributed by atoms with Gasteiger partial charge in [0, 0.05) is 23.8 Å². The van der Waals surface area contributed by atoms with Crippen molar-refractivity contribution < 1.29 is 30.0 Å². The summed E-state index contributed by atoms with van der Waals surface area (Å²) in [6.45, 7) is 0.0519. The number of carboxylic acids is 1. The Morgan fingerprint density at radius 1 is 1.28 bits per heavy atom. The Hall–Kier alpha value is -1.86. The molecule has 1 aliphatic rings. The smallest absolute Gasteiger partial charge is 0.303 e. The molecule has 0 aromatic heterocycles. The zero-order valence-corrected chi connectivity index (χ0v) is 17.0. The molecule has 5 atom stereocenters. The van der Waals surface area contributed by atoms with Crippen LogP contribution < -0.4 is 4.74 Å². The highest BCUT2D eigenvalue weighted by molar-refractivity contribution is 6.30. The van der Waals surface area contributed by atoms with Gasteiger partial charge >= 0.3 is 5.97 Å². The van der Waals surface area contributed by atoms with Crippen LogP contribution in [0, 0.1) is 11.8 Å². The first-order chi connectivity index (χ1) is 13.9. The minimum atomic E-state index is -0.855. The number of rotatable bonds is 11. The molecule has 0 unspecified atom stereocenters. The molecule has 0 bridgehead atoms. The van der Waals surface area contributed by atoms with E-state index in [2.05, 4.69) is 0 Å². The van der Waals surface area contributed by atoms with Gasteiger partial charge in [0.15, 0.2) is 0 Å². The van der Waals surface area contributed by atoms with E-state index in [0.717, 1.165) is 0 Å². The molecule has 0 spiro atoms. The molecule has 1 aromatic rings. The molecule has 4 N–H and O–H groups in total. The number of aliphatic hydroxyl groups excluding tert-OH is 3. The minimum Gasteiger partial charge on any atom is -0.491 e. The maximum absolute atomic E-state index is 10.5. The van der Waals surface area contributed by atoms with Gasteiger partial charge in [0.25, 0.3) is 0 Å². The summed E-state index contributed by atoms with van der Waals surface area (Å²) in [6, 6.07) is 6.90. The summed E-state index contributed by atoms with van der Waals surface area (Å²) >= 11 is 5.90. The van der Waals surface area contributed by atoms with E-state index in [9.17, 15) is 20.1 Å². The lowest BCUT2D eigenvalue weighted by Crippen LogP contribution is -2.21. The number of ether oxygens (including phenoxy) is 1. The average molecular weight is 425 g/mol. The Labute approximate surface area is 176 Å². The lowest BCUT2D eigenvalue weighted by molar-refractivity contribution is -0.137. The van der Waals surface area contributed by atoms with E-state index < -0.39 is 24.3 Å². The molecule has 1 fully saturated rings. The number of carboxylic acid groups (broad SMARTS) is 1. The monoisotopic (exact) mass is 424 g/mol.